The molecule has 10 nitrogen and oxygen atoms in total. The number of unbranched alkanes of at least 4 members (excludes halogenated alkanes) is 14. The van der Waals surface area contributed by atoms with Gasteiger partial charge in [0.1, 0.15) is 31.0 Å². The lowest BCUT2D eigenvalue weighted by atomic mass is 9.99. The Balaban J connectivity index is 2.38. The van der Waals surface area contributed by atoms with Crippen LogP contribution in [0.1, 0.15) is 168 Å². The van der Waals surface area contributed by atoms with Crippen LogP contribution in [0.25, 0.3) is 0 Å². The Hall–Kier alpha value is -2.86. The fraction of sp³-hybridized carbons (Fsp3) is 0.714. The summed E-state index contributed by atoms with van der Waals surface area (Å²) < 4.78 is 22.1. The third-order valence-corrected chi connectivity index (χ3v) is 10.1. The maximum Gasteiger partial charge on any atom is 0.306 e. The first-order chi connectivity index (χ1) is 28.8. The van der Waals surface area contributed by atoms with Gasteiger partial charge in [-0.3, -0.25) is 9.59 Å². The van der Waals surface area contributed by atoms with Crippen molar-refractivity contribution in [2.45, 2.75) is 205 Å². The SMILES string of the molecule is CC/C=C/C/C=C/C/C=C/C/C=C/C/C=C/C/C=C/CCC(=O)OC[C@@H](CO[C@H]1O[C@@H](CO)[C@@H](O)C(O)C1O)OC(=O)CCCCCCCCCCCCCCCCC. The summed E-state index contributed by atoms with van der Waals surface area (Å²) in [5.41, 5.74) is 0. The lowest BCUT2D eigenvalue weighted by Crippen LogP contribution is -2.59. The summed E-state index contributed by atoms with van der Waals surface area (Å²) in [5.74, 6) is -0.906. The average molecular weight is 831 g/mol. The first-order valence-electron chi connectivity index (χ1n) is 23.0. The quantitative estimate of drug-likeness (QED) is 0.0271. The maximum absolute atomic E-state index is 12.8. The minimum Gasteiger partial charge on any atom is -0.462 e. The van der Waals surface area contributed by atoms with Gasteiger partial charge in [0.15, 0.2) is 12.4 Å². The molecule has 0 bridgehead atoms. The molecular formula is C49H82O10. The van der Waals surface area contributed by atoms with Crippen LogP contribution in [0.15, 0.2) is 72.9 Å². The second-order valence-electron chi connectivity index (χ2n) is 15.5. The number of allylic oxidation sites excluding steroid dienone is 12. The highest BCUT2D eigenvalue weighted by atomic mass is 16.7. The Labute approximate surface area is 357 Å². The molecule has 1 aliphatic rings. The van der Waals surface area contributed by atoms with E-state index in [0.717, 1.165) is 57.8 Å². The predicted octanol–water partition coefficient (Wildman–Crippen LogP) is 10.00. The summed E-state index contributed by atoms with van der Waals surface area (Å²) in [4.78, 5) is 25.3. The van der Waals surface area contributed by atoms with Crippen molar-refractivity contribution in [3.63, 3.8) is 0 Å². The zero-order chi connectivity index (χ0) is 43.0. The monoisotopic (exact) mass is 831 g/mol. The van der Waals surface area contributed by atoms with E-state index in [2.05, 4.69) is 74.6 Å². The van der Waals surface area contributed by atoms with E-state index in [-0.39, 0.29) is 26.1 Å². The van der Waals surface area contributed by atoms with Crippen molar-refractivity contribution in [2.75, 3.05) is 19.8 Å². The van der Waals surface area contributed by atoms with Gasteiger partial charge in [0.25, 0.3) is 0 Å². The lowest BCUT2D eigenvalue weighted by Gasteiger charge is -2.39. The Morgan fingerprint density at radius 2 is 1.00 bits per heavy atom. The van der Waals surface area contributed by atoms with Gasteiger partial charge in [0.05, 0.1) is 13.2 Å². The molecule has 1 fully saturated rings. The standard InChI is InChI=1S/C49H82O10/c1-3-5-7-9-11-13-15-17-19-20-21-22-24-25-27-29-31-33-35-37-44(51)56-40-42(41-57-49-48(55)47(54)46(53)43(39-50)59-49)58-45(52)38-36-34-32-30-28-26-23-18-16-14-12-10-8-6-4-2/h5,7,11,13,17,19,21-22,25,27,31,33,42-43,46-50,53-55H,3-4,6,8-10,12,14-16,18,20,23-24,26,28-30,32,34-41H2,1-2H3/b7-5+,13-11+,19-17+,22-21+,27-25+,33-31+/t42-,43-,46+,47?,48?,49-/m0/s1. The molecule has 6 atom stereocenters. The molecule has 0 aromatic heterocycles. The van der Waals surface area contributed by atoms with E-state index in [1.165, 1.54) is 70.6 Å². The van der Waals surface area contributed by atoms with Gasteiger partial charge in [-0.15, -0.1) is 0 Å². The van der Waals surface area contributed by atoms with E-state index in [0.29, 0.717) is 12.8 Å². The highest BCUT2D eigenvalue weighted by Crippen LogP contribution is 2.22. The first kappa shape index (κ1) is 54.2. The summed E-state index contributed by atoms with van der Waals surface area (Å²) in [6.07, 6.45) is 42.0. The molecule has 2 unspecified atom stereocenters. The van der Waals surface area contributed by atoms with Gasteiger partial charge in [-0.2, -0.15) is 0 Å². The van der Waals surface area contributed by atoms with E-state index >= 15 is 0 Å². The summed E-state index contributed by atoms with van der Waals surface area (Å²) in [7, 11) is 0. The van der Waals surface area contributed by atoms with Crippen LogP contribution in [0.4, 0.5) is 0 Å². The van der Waals surface area contributed by atoms with Crippen molar-refractivity contribution >= 4 is 11.9 Å². The molecular weight excluding hydrogens is 749 g/mol. The smallest absolute Gasteiger partial charge is 0.306 e. The van der Waals surface area contributed by atoms with Gasteiger partial charge in [-0.1, -0.05) is 177 Å². The number of carbonyl (C=O) groups is 2. The van der Waals surface area contributed by atoms with E-state index in [9.17, 15) is 30.0 Å². The number of aliphatic hydroxyl groups excluding tert-OH is 4. The van der Waals surface area contributed by atoms with Crippen molar-refractivity contribution in [3.05, 3.63) is 72.9 Å². The average Bonchev–Trinajstić information content (AvgIpc) is 3.23. The fourth-order valence-electron chi connectivity index (χ4n) is 6.51. The van der Waals surface area contributed by atoms with Crippen LogP contribution in [0.2, 0.25) is 0 Å². The maximum atomic E-state index is 12.8. The molecule has 0 radical (unpaired) electrons. The molecule has 1 rings (SSSR count). The molecule has 10 heteroatoms. The predicted molar refractivity (Wildman–Crippen MR) is 238 cm³/mol. The molecule has 1 saturated heterocycles. The summed E-state index contributed by atoms with van der Waals surface area (Å²) in [6, 6.07) is 0. The Morgan fingerprint density at radius 3 is 1.47 bits per heavy atom. The van der Waals surface area contributed by atoms with E-state index in [1.807, 2.05) is 12.2 Å². The second kappa shape index (κ2) is 39.3. The minimum absolute atomic E-state index is 0.148. The molecule has 1 heterocycles. The highest BCUT2D eigenvalue weighted by molar-refractivity contribution is 5.70. The molecule has 0 aliphatic carbocycles. The molecule has 4 N–H and O–H groups in total. The first-order valence-corrected chi connectivity index (χ1v) is 23.0. The fourth-order valence-corrected chi connectivity index (χ4v) is 6.51. The van der Waals surface area contributed by atoms with Crippen molar-refractivity contribution in [2.24, 2.45) is 0 Å². The van der Waals surface area contributed by atoms with Gasteiger partial charge in [-0.25, -0.2) is 0 Å². The van der Waals surface area contributed by atoms with Gasteiger partial charge >= 0.3 is 11.9 Å². The number of carbonyl (C=O) groups excluding carboxylic acids is 2. The van der Waals surface area contributed by atoms with Gasteiger partial charge < -0.3 is 39.4 Å². The molecule has 338 valence electrons. The topological polar surface area (TPSA) is 152 Å². The van der Waals surface area contributed by atoms with Crippen molar-refractivity contribution in [1.29, 1.82) is 0 Å². The zero-order valence-electron chi connectivity index (χ0n) is 36.7. The Morgan fingerprint density at radius 1 is 0.542 bits per heavy atom. The van der Waals surface area contributed by atoms with Crippen LogP contribution >= 0.6 is 0 Å². The summed E-state index contributed by atoms with van der Waals surface area (Å²) in [5, 5.41) is 40.1. The summed E-state index contributed by atoms with van der Waals surface area (Å²) >= 11 is 0. The van der Waals surface area contributed by atoms with Gasteiger partial charge in [-0.05, 0) is 51.4 Å². The number of hydrogen-bond acceptors (Lipinski definition) is 10. The number of hydrogen-bond donors (Lipinski definition) is 4. The highest BCUT2D eigenvalue weighted by Gasteiger charge is 2.44. The van der Waals surface area contributed by atoms with Crippen LogP contribution in [-0.2, 0) is 28.5 Å². The van der Waals surface area contributed by atoms with Crippen molar-refractivity contribution in [1.82, 2.24) is 0 Å². The molecule has 59 heavy (non-hydrogen) atoms. The largest absolute Gasteiger partial charge is 0.462 e. The van der Waals surface area contributed by atoms with Gasteiger partial charge in [0.2, 0.25) is 0 Å². The lowest BCUT2D eigenvalue weighted by molar-refractivity contribution is -0.305. The number of ether oxygens (including phenoxy) is 4. The molecule has 1 aliphatic heterocycles. The van der Waals surface area contributed by atoms with E-state index < -0.39 is 55.4 Å². The second-order valence-corrected chi connectivity index (χ2v) is 15.5. The van der Waals surface area contributed by atoms with E-state index in [1.54, 1.807) is 0 Å². The minimum atomic E-state index is -1.61. The Kier molecular flexibility index (Phi) is 36.1. The summed E-state index contributed by atoms with van der Waals surface area (Å²) in [6.45, 7) is 3.23. The molecule has 0 amide bonds. The number of rotatable bonds is 37. The normalized spacial score (nSPS) is 20.7. The third kappa shape index (κ3) is 30.8. The molecule has 0 aromatic rings. The van der Waals surface area contributed by atoms with Crippen LogP contribution < -0.4 is 0 Å². The Bertz CT molecular complexity index is 1190. The molecule has 0 saturated carbocycles. The number of aliphatic hydroxyl groups is 4. The van der Waals surface area contributed by atoms with Crippen LogP contribution in [-0.4, -0.2) is 89.0 Å². The molecule has 0 spiro atoms. The van der Waals surface area contributed by atoms with E-state index in [4.69, 9.17) is 18.9 Å². The van der Waals surface area contributed by atoms with Crippen LogP contribution in [0.5, 0.6) is 0 Å². The van der Waals surface area contributed by atoms with Gasteiger partial charge in [0, 0.05) is 12.8 Å². The van der Waals surface area contributed by atoms with Crippen molar-refractivity contribution in [3.8, 4) is 0 Å². The third-order valence-electron chi connectivity index (χ3n) is 10.1. The van der Waals surface area contributed by atoms with Crippen LogP contribution in [0, 0.1) is 0 Å². The molecule has 0 aromatic carbocycles. The van der Waals surface area contributed by atoms with Crippen molar-refractivity contribution < 1.29 is 49.0 Å². The zero-order valence-corrected chi connectivity index (χ0v) is 36.7. The number of esters is 2. The van der Waals surface area contributed by atoms with Crippen LogP contribution in [0.3, 0.4) is 0 Å².